The number of carboxylic acid groups (broad SMARTS) is 1. The van der Waals surface area contributed by atoms with Crippen LogP contribution in [0.25, 0.3) is 27.2 Å². The number of carbonyl (C=O) groups is 2. The van der Waals surface area contributed by atoms with E-state index in [1.54, 1.807) is 35.4 Å². The minimum atomic E-state index is -1.31. The summed E-state index contributed by atoms with van der Waals surface area (Å²) in [4.78, 5) is 44.9. The summed E-state index contributed by atoms with van der Waals surface area (Å²) in [6.45, 7) is 2.58. The molecule has 0 radical (unpaired) electrons. The van der Waals surface area contributed by atoms with Gasteiger partial charge in [0.15, 0.2) is 0 Å². The topological polar surface area (TPSA) is 103 Å². The second-order valence-electron chi connectivity index (χ2n) is 7.20. The van der Waals surface area contributed by atoms with Gasteiger partial charge in [0, 0.05) is 34.3 Å². The van der Waals surface area contributed by atoms with Gasteiger partial charge in [-0.3, -0.25) is 9.59 Å². The Labute approximate surface area is 209 Å². The number of nitrogens with zero attached hydrogens (tertiary/aromatic N) is 2. The second-order valence-corrected chi connectivity index (χ2v) is 8.33. The van der Waals surface area contributed by atoms with E-state index in [4.69, 9.17) is 5.11 Å². The van der Waals surface area contributed by atoms with Crippen LogP contribution < -0.4 is 5.56 Å². The number of aromatic nitrogens is 2. The molecule has 3 aromatic heterocycles. The van der Waals surface area contributed by atoms with E-state index in [-0.39, 0.29) is 46.7 Å². The van der Waals surface area contributed by atoms with Crippen molar-refractivity contribution in [1.29, 1.82) is 0 Å². The fourth-order valence-electron chi connectivity index (χ4n) is 3.32. The Bertz CT molecular complexity index is 1420. The molecular weight excluding hydrogens is 437 g/mol. The molecule has 4 aromatic rings. The SMILES string of the molecule is Cc1c(CN(C)C(=O)C=Cc2cnc3[nH]c(=O)c(C(=O)O)cc3c2)sc2ccccc12.[NaH]. The number of pyridine rings is 2. The Morgan fingerprint density at radius 2 is 2.00 bits per heavy atom. The maximum absolute atomic E-state index is 12.6. The molecule has 32 heavy (non-hydrogen) atoms. The Hall–Kier alpha value is -2.78. The molecule has 0 aliphatic heterocycles. The Morgan fingerprint density at radius 1 is 1.25 bits per heavy atom. The van der Waals surface area contributed by atoms with Crippen LogP contribution in [0.2, 0.25) is 0 Å². The van der Waals surface area contributed by atoms with E-state index in [2.05, 4.69) is 29.0 Å². The number of aryl methyl sites for hydroxylation is 1. The number of rotatable bonds is 5. The number of fused-ring (bicyclic) bond motifs is 2. The van der Waals surface area contributed by atoms with Gasteiger partial charge in [0.2, 0.25) is 5.91 Å². The summed E-state index contributed by atoms with van der Waals surface area (Å²) < 4.78 is 1.20. The average molecular weight is 457 g/mol. The molecule has 3 heterocycles. The van der Waals surface area contributed by atoms with Crippen LogP contribution in [-0.4, -0.2) is 68.5 Å². The predicted molar refractivity (Wildman–Crippen MR) is 129 cm³/mol. The van der Waals surface area contributed by atoms with Crippen molar-refractivity contribution in [3.63, 3.8) is 0 Å². The first-order valence-corrected chi connectivity index (χ1v) is 10.3. The van der Waals surface area contributed by atoms with Crippen molar-refractivity contribution in [2.75, 3.05) is 7.05 Å². The van der Waals surface area contributed by atoms with Crippen molar-refractivity contribution in [2.45, 2.75) is 13.5 Å². The quantitative estimate of drug-likeness (QED) is 0.354. The van der Waals surface area contributed by atoms with Crippen LogP contribution >= 0.6 is 11.3 Å². The van der Waals surface area contributed by atoms with E-state index in [0.29, 0.717) is 17.5 Å². The third-order valence-electron chi connectivity index (χ3n) is 5.06. The van der Waals surface area contributed by atoms with Crippen LogP contribution in [0.1, 0.15) is 26.4 Å². The van der Waals surface area contributed by atoms with Crippen LogP contribution in [0.3, 0.4) is 0 Å². The number of carboxylic acids is 1. The van der Waals surface area contributed by atoms with E-state index in [9.17, 15) is 14.4 Å². The first-order valence-electron chi connectivity index (χ1n) is 9.50. The molecule has 1 amide bonds. The number of thiophene rings is 1. The predicted octanol–water partition coefficient (Wildman–Crippen LogP) is 3.17. The van der Waals surface area contributed by atoms with Gasteiger partial charge in [-0.2, -0.15) is 0 Å². The molecule has 0 bridgehead atoms. The van der Waals surface area contributed by atoms with Crippen molar-refractivity contribution < 1.29 is 14.7 Å². The van der Waals surface area contributed by atoms with Crippen molar-refractivity contribution in [3.05, 3.63) is 80.6 Å². The Kier molecular flexibility index (Phi) is 7.30. The third-order valence-corrected chi connectivity index (χ3v) is 6.32. The minimum absolute atomic E-state index is 0. The number of amides is 1. The van der Waals surface area contributed by atoms with E-state index >= 15 is 0 Å². The van der Waals surface area contributed by atoms with Gasteiger partial charge in [0.1, 0.15) is 11.2 Å². The summed E-state index contributed by atoms with van der Waals surface area (Å²) in [7, 11) is 1.75. The van der Waals surface area contributed by atoms with Gasteiger partial charge in [-0.25, -0.2) is 9.78 Å². The van der Waals surface area contributed by atoms with E-state index in [1.807, 2.05) is 12.1 Å². The molecule has 158 valence electrons. The normalized spacial score (nSPS) is 11.1. The van der Waals surface area contributed by atoms with Gasteiger partial charge in [-0.05, 0) is 47.7 Å². The molecular formula is C23H20N3NaO4S. The standard InChI is InChI=1S/C23H19N3O4S.Na.H/c1-13-16-5-3-4-6-18(16)31-19(13)12-26(2)20(27)8-7-14-9-15-10-17(23(29)30)22(28)25-21(15)24-11-14;;/h3-11H,12H2,1-2H3,(H,29,30)(H,24,25,28);;. The maximum atomic E-state index is 12.6. The fraction of sp³-hybridized carbons (Fsp3) is 0.130. The average Bonchev–Trinajstić information content (AvgIpc) is 3.06. The van der Waals surface area contributed by atoms with Crippen molar-refractivity contribution in [3.8, 4) is 0 Å². The van der Waals surface area contributed by atoms with Crippen molar-refractivity contribution >= 4 is 80.0 Å². The van der Waals surface area contributed by atoms with Crippen LogP contribution in [0.5, 0.6) is 0 Å². The number of aromatic carboxylic acids is 1. The summed E-state index contributed by atoms with van der Waals surface area (Å²) in [6.07, 6.45) is 4.59. The zero-order valence-electron chi connectivity index (χ0n) is 16.9. The number of hydrogen-bond acceptors (Lipinski definition) is 5. The van der Waals surface area contributed by atoms with Gasteiger partial charge >= 0.3 is 35.5 Å². The molecule has 4 rings (SSSR count). The molecule has 0 spiro atoms. The number of carbonyl (C=O) groups excluding carboxylic acids is 1. The number of nitrogens with one attached hydrogen (secondary N) is 1. The van der Waals surface area contributed by atoms with Crippen LogP contribution in [0.4, 0.5) is 0 Å². The zero-order chi connectivity index (χ0) is 22.1. The first kappa shape index (κ1) is 23.9. The molecule has 0 saturated heterocycles. The Balaban J connectivity index is 0.00000289. The monoisotopic (exact) mass is 457 g/mol. The molecule has 2 N–H and O–H groups in total. The summed E-state index contributed by atoms with van der Waals surface area (Å²) in [5.74, 6) is -1.47. The number of likely N-dealkylation sites (N-methyl/N-ethyl adjacent to an activating group) is 1. The number of hydrogen-bond donors (Lipinski definition) is 2. The number of H-pyrrole nitrogens is 1. The Morgan fingerprint density at radius 3 is 2.72 bits per heavy atom. The number of aromatic amines is 1. The molecule has 0 unspecified atom stereocenters. The summed E-state index contributed by atoms with van der Waals surface area (Å²) in [6, 6.07) is 11.1. The molecule has 0 aliphatic carbocycles. The summed E-state index contributed by atoms with van der Waals surface area (Å²) in [5, 5.41) is 10.8. The summed E-state index contributed by atoms with van der Waals surface area (Å²) >= 11 is 1.69. The van der Waals surface area contributed by atoms with Gasteiger partial charge in [-0.1, -0.05) is 18.2 Å². The van der Waals surface area contributed by atoms with Crippen LogP contribution in [0.15, 0.2) is 53.5 Å². The molecule has 0 fully saturated rings. The molecule has 7 nitrogen and oxygen atoms in total. The molecule has 9 heteroatoms. The van der Waals surface area contributed by atoms with Crippen molar-refractivity contribution in [1.82, 2.24) is 14.9 Å². The third kappa shape index (κ3) is 4.83. The fourth-order valence-corrected chi connectivity index (χ4v) is 4.59. The van der Waals surface area contributed by atoms with Crippen molar-refractivity contribution in [2.24, 2.45) is 0 Å². The zero-order valence-corrected chi connectivity index (χ0v) is 17.7. The number of benzene rings is 1. The van der Waals surface area contributed by atoms with Gasteiger partial charge in [-0.15, -0.1) is 11.3 Å². The second kappa shape index (κ2) is 9.79. The molecule has 0 aliphatic rings. The van der Waals surface area contributed by atoms with Gasteiger partial charge < -0.3 is 15.0 Å². The van der Waals surface area contributed by atoms with E-state index in [1.165, 1.54) is 34.0 Å². The molecule has 0 atom stereocenters. The van der Waals surface area contributed by atoms with E-state index in [0.717, 1.165) is 4.88 Å². The molecule has 1 aromatic carbocycles. The van der Waals surface area contributed by atoms with Crippen LogP contribution in [0, 0.1) is 6.92 Å². The van der Waals surface area contributed by atoms with E-state index < -0.39 is 11.5 Å². The van der Waals surface area contributed by atoms with Crippen LogP contribution in [-0.2, 0) is 11.3 Å². The van der Waals surface area contributed by atoms with Gasteiger partial charge in [0.25, 0.3) is 5.56 Å². The first-order chi connectivity index (χ1) is 14.8. The molecule has 0 saturated carbocycles. The summed E-state index contributed by atoms with van der Waals surface area (Å²) in [5.41, 5.74) is 1.03. The van der Waals surface area contributed by atoms with Gasteiger partial charge in [0.05, 0.1) is 6.54 Å².